The minimum absolute atomic E-state index is 0.0234. The van der Waals surface area contributed by atoms with Gasteiger partial charge in [-0.1, -0.05) is 25.0 Å². The molecule has 14 heavy (non-hydrogen) atoms. The number of hydrogen-bond donors (Lipinski definition) is 1. The predicted octanol–water partition coefficient (Wildman–Crippen LogP) is 2.75. The lowest BCUT2D eigenvalue weighted by atomic mass is 9.76. The van der Waals surface area contributed by atoms with Gasteiger partial charge in [0.05, 0.1) is 6.10 Å². The van der Waals surface area contributed by atoms with Crippen molar-refractivity contribution in [1.29, 1.82) is 0 Å². The standard InChI is InChI=1S/C13H20O/c14-13-11-7-3-1-5-9(11)10-6-2-4-8-12(10)13/h1,5,9-14H,2-4,6-8H2. The van der Waals surface area contributed by atoms with Crippen molar-refractivity contribution in [3.05, 3.63) is 12.2 Å². The average Bonchev–Trinajstić information content (AvgIpc) is 2.55. The van der Waals surface area contributed by atoms with Crippen molar-refractivity contribution in [2.24, 2.45) is 23.7 Å². The zero-order valence-electron chi connectivity index (χ0n) is 8.73. The van der Waals surface area contributed by atoms with Crippen molar-refractivity contribution in [1.82, 2.24) is 0 Å². The molecule has 0 aliphatic heterocycles. The molecule has 1 N–H and O–H groups in total. The van der Waals surface area contributed by atoms with E-state index in [4.69, 9.17) is 0 Å². The summed E-state index contributed by atoms with van der Waals surface area (Å²) in [5.41, 5.74) is 0. The van der Waals surface area contributed by atoms with Crippen LogP contribution in [0.1, 0.15) is 38.5 Å². The fourth-order valence-corrected chi connectivity index (χ4v) is 4.14. The van der Waals surface area contributed by atoms with Gasteiger partial charge in [0.1, 0.15) is 0 Å². The summed E-state index contributed by atoms with van der Waals surface area (Å²) >= 11 is 0. The average molecular weight is 192 g/mol. The van der Waals surface area contributed by atoms with E-state index in [1.54, 1.807) is 0 Å². The molecule has 0 aromatic carbocycles. The normalized spacial score (nSPS) is 51.4. The van der Waals surface area contributed by atoms with Crippen LogP contribution in [0.5, 0.6) is 0 Å². The lowest BCUT2D eigenvalue weighted by Crippen LogP contribution is -2.25. The van der Waals surface area contributed by atoms with Gasteiger partial charge in [-0.15, -0.1) is 0 Å². The van der Waals surface area contributed by atoms with E-state index in [9.17, 15) is 5.11 Å². The van der Waals surface area contributed by atoms with Crippen LogP contribution < -0.4 is 0 Å². The van der Waals surface area contributed by atoms with Crippen LogP contribution in [0.4, 0.5) is 0 Å². The third-order valence-electron chi connectivity index (χ3n) is 4.77. The first kappa shape index (κ1) is 8.96. The molecule has 2 saturated carbocycles. The Hall–Kier alpha value is -0.300. The van der Waals surface area contributed by atoms with E-state index < -0.39 is 0 Å². The summed E-state index contributed by atoms with van der Waals surface area (Å²) in [6.45, 7) is 0. The molecule has 3 aliphatic rings. The van der Waals surface area contributed by atoms with E-state index in [-0.39, 0.29) is 6.10 Å². The van der Waals surface area contributed by atoms with Gasteiger partial charge in [-0.25, -0.2) is 0 Å². The van der Waals surface area contributed by atoms with E-state index in [0.717, 1.165) is 11.8 Å². The molecule has 0 aromatic rings. The SMILES string of the molecule is OC1C2CCC=CC2C2CCCCC12. The molecular weight excluding hydrogens is 172 g/mol. The summed E-state index contributed by atoms with van der Waals surface area (Å²) in [5, 5.41) is 10.3. The zero-order valence-corrected chi connectivity index (χ0v) is 8.73. The maximum absolute atomic E-state index is 10.3. The van der Waals surface area contributed by atoms with Gasteiger partial charge in [-0.05, 0) is 49.4 Å². The molecule has 0 saturated heterocycles. The van der Waals surface area contributed by atoms with E-state index in [1.807, 2.05) is 0 Å². The molecule has 0 radical (unpaired) electrons. The van der Waals surface area contributed by atoms with Crippen molar-refractivity contribution < 1.29 is 5.11 Å². The summed E-state index contributed by atoms with van der Waals surface area (Å²) in [5.74, 6) is 2.79. The second-order valence-corrected chi connectivity index (χ2v) is 5.35. The Morgan fingerprint density at radius 2 is 1.71 bits per heavy atom. The molecule has 5 unspecified atom stereocenters. The molecular formula is C13H20O. The lowest BCUT2D eigenvalue weighted by Gasteiger charge is -2.29. The molecule has 3 rings (SSSR count). The molecule has 0 spiro atoms. The Labute approximate surface area is 86.2 Å². The number of rotatable bonds is 0. The topological polar surface area (TPSA) is 20.2 Å². The lowest BCUT2D eigenvalue weighted by molar-refractivity contribution is 0.0654. The Morgan fingerprint density at radius 3 is 2.57 bits per heavy atom. The van der Waals surface area contributed by atoms with Crippen molar-refractivity contribution in [3.8, 4) is 0 Å². The maximum atomic E-state index is 10.3. The smallest absolute Gasteiger partial charge is 0.0605 e. The van der Waals surface area contributed by atoms with Crippen molar-refractivity contribution >= 4 is 0 Å². The molecule has 3 aliphatic carbocycles. The van der Waals surface area contributed by atoms with Gasteiger partial charge in [0.25, 0.3) is 0 Å². The van der Waals surface area contributed by atoms with Gasteiger partial charge < -0.3 is 5.11 Å². The van der Waals surface area contributed by atoms with E-state index in [0.29, 0.717) is 11.8 Å². The molecule has 1 heteroatoms. The summed E-state index contributed by atoms with van der Waals surface area (Å²) in [6.07, 6.45) is 12.6. The van der Waals surface area contributed by atoms with Gasteiger partial charge in [0, 0.05) is 0 Å². The second-order valence-electron chi connectivity index (χ2n) is 5.35. The fourth-order valence-electron chi connectivity index (χ4n) is 4.14. The summed E-state index contributed by atoms with van der Waals surface area (Å²) < 4.78 is 0. The highest BCUT2D eigenvalue weighted by atomic mass is 16.3. The minimum Gasteiger partial charge on any atom is -0.393 e. The molecule has 5 atom stereocenters. The Bertz CT molecular complexity index is 246. The van der Waals surface area contributed by atoms with Crippen molar-refractivity contribution in [2.45, 2.75) is 44.6 Å². The fraction of sp³-hybridized carbons (Fsp3) is 0.846. The van der Waals surface area contributed by atoms with Gasteiger partial charge in [-0.2, -0.15) is 0 Å². The highest BCUT2D eigenvalue weighted by Gasteiger charge is 2.49. The molecule has 0 amide bonds. The molecule has 0 bridgehead atoms. The van der Waals surface area contributed by atoms with E-state index >= 15 is 0 Å². The minimum atomic E-state index is 0.0234. The number of fused-ring (bicyclic) bond motifs is 3. The molecule has 78 valence electrons. The Kier molecular flexibility index (Phi) is 2.16. The maximum Gasteiger partial charge on any atom is 0.0605 e. The van der Waals surface area contributed by atoms with Crippen LogP contribution in [0, 0.1) is 23.7 Å². The zero-order chi connectivity index (χ0) is 9.54. The van der Waals surface area contributed by atoms with Crippen LogP contribution in [0.15, 0.2) is 12.2 Å². The van der Waals surface area contributed by atoms with Gasteiger partial charge >= 0.3 is 0 Å². The third-order valence-corrected chi connectivity index (χ3v) is 4.77. The summed E-state index contributed by atoms with van der Waals surface area (Å²) in [6, 6.07) is 0. The number of allylic oxidation sites excluding steroid dienone is 2. The first-order chi connectivity index (χ1) is 6.88. The first-order valence-corrected chi connectivity index (χ1v) is 6.22. The largest absolute Gasteiger partial charge is 0.393 e. The second kappa shape index (κ2) is 3.37. The third kappa shape index (κ3) is 1.18. The van der Waals surface area contributed by atoms with Crippen LogP contribution in [0.25, 0.3) is 0 Å². The van der Waals surface area contributed by atoms with Crippen LogP contribution >= 0.6 is 0 Å². The number of hydrogen-bond acceptors (Lipinski definition) is 1. The van der Waals surface area contributed by atoms with Crippen LogP contribution in [0.2, 0.25) is 0 Å². The van der Waals surface area contributed by atoms with E-state index in [2.05, 4.69) is 12.2 Å². The molecule has 2 fully saturated rings. The Balaban J connectivity index is 1.88. The van der Waals surface area contributed by atoms with Gasteiger partial charge in [-0.3, -0.25) is 0 Å². The van der Waals surface area contributed by atoms with Crippen LogP contribution in [-0.4, -0.2) is 11.2 Å². The summed E-state index contributed by atoms with van der Waals surface area (Å²) in [7, 11) is 0. The monoisotopic (exact) mass is 192 g/mol. The highest BCUT2D eigenvalue weighted by molar-refractivity contribution is 5.09. The highest BCUT2D eigenvalue weighted by Crippen LogP contribution is 2.52. The molecule has 0 heterocycles. The predicted molar refractivity (Wildman–Crippen MR) is 56.8 cm³/mol. The van der Waals surface area contributed by atoms with Gasteiger partial charge in [0.15, 0.2) is 0 Å². The van der Waals surface area contributed by atoms with Crippen LogP contribution in [-0.2, 0) is 0 Å². The van der Waals surface area contributed by atoms with Gasteiger partial charge in [0.2, 0.25) is 0 Å². The van der Waals surface area contributed by atoms with E-state index in [1.165, 1.54) is 38.5 Å². The first-order valence-electron chi connectivity index (χ1n) is 6.22. The Morgan fingerprint density at radius 1 is 0.929 bits per heavy atom. The van der Waals surface area contributed by atoms with Crippen molar-refractivity contribution in [2.75, 3.05) is 0 Å². The molecule has 1 nitrogen and oxygen atoms in total. The number of aliphatic hydroxyl groups excluding tert-OH is 1. The number of aliphatic hydroxyl groups is 1. The van der Waals surface area contributed by atoms with Crippen molar-refractivity contribution in [3.63, 3.8) is 0 Å². The molecule has 0 aromatic heterocycles. The quantitative estimate of drug-likeness (QED) is 0.585. The summed E-state index contributed by atoms with van der Waals surface area (Å²) in [4.78, 5) is 0. The van der Waals surface area contributed by atoms with Crippen LogP contribution in [0.3, 0.4) is 0 Å².